The summed E-state index contributed by atoms with van der Waals surface area (Å²) >= 11 is 0. The van der Waals surface area contributed by atoms with Crippen LogP contribution < -0.4 is 10.1 Å². The molecule has 1 N–H and O–H groups in total. The first-order valence-corrected chi connectivity index (χ1v) is 11.2. The van der Waals surface area contributed by atoms with E-state index in [1.165, 1.54) is 0 Å². The minimum atomic E-state index is -0.181. The molecule has 0 aliphatic carbocycles. The standard InChI is InChI=1S/C25H29N5O2/c1-2-8-23-26-15-19(16-27-23)18-30-14-7-6-11-22(30)25(31)29-20-12-13-24(28-17-20)32-21-9-4-3-5-10-21/h3-5,9-10,12-13,15-17,22H,2,6-8,11,14,18H2,1H3,(H,29,31)/t22-/m0/s1. The van der Waals surface area contributed by atoms with Crippen molar-refractivity contribution in [2.75, 3.05) is 11.9 Å². The third-order valence-corrected chi connectivity index (χ3v) is 5.50. The van der Waals surface area contributed by atoms with Gasteiger partial charge >= 0.3 is 0 Å². The number of pyridine rings is 1. The van der Waals surface area contributed by atoms with Gasteiger partial charge in [-0.25, -0.2) is 15.0 Å². The molecule has 7 nitrogen and oxygen atoms in total. The van der Waals surface area contributed by atoms with Crippen LogP contribution in [0.4, 0.5) is 5.69 Å². The number of anilines is 1. The lowest BCUT2D eigenvalue weighted by molar-refractivity contribution is -0.122. The Morgan fingerprint density at radius 1 is 1.06 bits per heavy atom. The second-order valence-electron chi connectivity index (χ2n) is 8.03. The number of likely N-dealkylation sites (tertiary alicyclic amines) is 1. The summed E-state index contributed by atoms with van der Waals surface area (Å²) in [5, 5.41) is 3.01. The highest BCUT2D eigenvalue weighted by Crippen LogP contribution is 2.23. The molecule has 0 unspecified atom stereocenters. The first-order chi connectivity index (χ1) is 15.7. The van der Waals surface area contributed by atoms with Crippen molar-refractivity contribution < 1.29 is 9.53 Å². The second-order valence-corrected chi connectivity index (χ2v) is 8.03. The highest BCUT2D eigenvalue weighted by Gasteiger charge is 2.29. The van der Waals surface area contributed by atoms with Crippen LogP contribution in [0.15, 0.2) is 61.1 Å². The Bertz CT molecular complexity index is 993. The molecule has 0 radical (unpaired) electrons. The maximum absolute atomic E-state index is 13.0. The van der Waals surface area contributed by atoms with Crippen LogP contribution >= 0.6 is 0 Å². The van der Waals surface area contributed by atoms with Gasteiger partial charge in [0.25, 0.3) is 0 Å². The molecule has 166 valence electrons. The number of carbonyl (C=O) groups is 1. The van der Waals surface area contributed by atoms with Crippen molar-refractivity contribution in [3.63, 3.8) is 0 Å². The SMILES string of the molecule is CCCc1ncc(CN2CCCC[C@H]2C(=O)Nc2ccc(Oc3ccccc3)nc2)cn1. The summed E-state index contributed by atoms with van der Waals surface area (Å²) in [5.41, 5.74) is 1.70. The number of aromatic nitrogens is 3. The highest BCUT2D eigenvalue weighted by atomic mass is 16.5. The summed E-state index contributed by atoms with van der Waals surface area (Å²) in [6, 6.07) is 12.9. The number of para-hydroxylation sites is 1. The van der Waals surface area contributed by atoms with Gasteiger partial charge in [0.05, 0.1) is 17.9 Å². The molecular formula is C25H29N5O2. The monoisotopic (exact) mass is 431 g/mol. The van der Waals surface area contributed by atoms with E-state index >= 15 is 0 Å². The zero-order valence-electron chi connectivity index (χ0n) is 18.4. The first kappa shape index (κ1) is 21.9. The molecule has 4 rings (SSSR count). The lowest BCUT2D eigenvalue weighted by Crippen LogP contribution is -2.46. The number of carbonyl (C=O) groups excluding carboxylic acids is 1. The molecule has 2 aromatic heterocycles. The minimum absolute atomic E-state index is 0.00764. The van der Waals surface area contributed by atoms with E-state index in [2.05, 4.69) is 32.1 Å². The second kappa shape index (κ2) is 10.8. The molecule has 3 heterocycles. The number of hydrogen-bond acceptors (Lipinski definition) is 6. The third kappa shape index (κ3) is 5.88. The number of hydrogen-bond donors (Lipinski definition) is 1. The molecule has 7 heteroatoms. The number of piperidine rings is 1. The molecule has 32 heavy (non-hydrogen) atoms. The summed E-state index contributed by atoms with van der Waals surface area (Å²) in [6.07, 6.45) is 10.3. The van der Waals surface area contributed by atoms with Crippen LogP contribution in [-0.4, -0.2) is 38.3 Å². The predicted octanol–water partition coefficient (Wildman–Crippen LogP) is 4.61. The maximum atomic E-state index is 13.0. The smallest absolute Gasteiger partial charge is 0.241 e. The normalized spacial score (nSPS) is 16.5. The van der Waals surface area contributed by atoms with Gasteiger partial charge in [0.15, 0.2) is 0 Å². The zero-order chi connectivity index (χ0) is 22.2. The molecule has 1 fully saturated rings. The van der Waals surface area contributed by atoms with Crippen LogP contribution in [0.3, 0.4) is 0 Å². The summed E-state index contributed by atoms with van der Waals surface area (Å²) in [4.78, 5) is 28.5. The van der Waals surface area contributed by atoms with E-state index in [-0.39, 0.29) is 11.9 Å². The van der Waals surface area contributed by atoms with Gasteiger partial charge < -0.3 is 10.1 Å². The van der Waals surface area contributed by atoms with Crippen LogP contribution in [0.2, 0.25) is 0 Å². The van der Waals surface area contributed by atoms with E-state index in [4.69, 9.17) is 4.74 Å². The Morgan fingerprint density at radius 3 is 2.59 bits per heavy atom. The minimum Gasteiger partial charge on any atom is -0.439 e. The van der Waals surface area contributed by atoms with Gasteiger partial charge in [0.2, 0.25) is 11.8 Å². The molecule has 1 aliphatic rings. The number of nitrogens with zero attached hydrogens (tertiary/aromatic N) is 4. The molecule has 0 saturated carbocycles. The summed E-state index contributed by atoms with van der Waals surface area (Å²) in [6.45, 7) is 3.68. The first-order valence-electron chi connectivity index (χ1n) is 11.2. The molecule has 1 aliphatic heterocycles. The van der Waals surface area contributed by atoms with Crippen molar-refractivity contribution in [2.45, 2.75) is 51.6 Å². The highest BCUT2D eigenvalue weighted by molar-refractivity contribution is 5.94. The maximum Gasteiger partial charge on any atom is 0.241 e. The Kier molecular flexibility index (Phi) is 7.40. The van der Waals surface area contributed by atoms with Gasteiger partial charge in [-0.15, -0.1) is 0 Å². The molecule has 1 aromatic carbocycles. The van der Waals surface area contributed by atoms with E-state index in [1.54, 1.807) is 12.3 Å². The average molecular weight is 432 g/mol. The van der Waals surface area contributed by atoms with Crippen LogP contribution in [0.5, 0.6) is 11.6 Å². The fraction of sp³-hybridized carbons (Fsp3) is 0.360. The number of benzene rings is 1. The summed E-state index contributed by atoms with van der Waals surface area (Å²) < 4.78 is 5.72. The van der Waals surface area contributed by atoms with Crippen molar-refractivity contribution in [1.82, 2.24) is 19.9 Å². The Hall–Kier alpha value is -3.32. The molecular weight excluding hydrogens is 402 g/mol. The van der Waals surface area contributed by atoms with Crippen LogP contribution in [0.25, 0.3) is 0 Å². The molecule has 1 saturated heterocycles. The number of amides is 1. The van der Waals surface area contributed by atoms with Crippen molar-refractivity contribution in [2.24, 2.45) is 0 Å². The number of nitrogens with one attached hydrogen (secondary N) is 1. The molecule has 1 atom stereocenters. The lowest BCUT2D eigenvalue weighted by atomic mass is 10.0. The number of aryl methyl sites for hydroxylation is 1. The van der Waals surface area contributed by atoms with E-state index in [0.717, 1.165) is 55.8 Å². The fourth-order valence-electron chi connectivity index (χ4n) is 3.88. The van der Waals surface area contributed by atoms with Gasteiger partial charge in [-0.1, -0.05) is 31.5 Å². The van der Waals surface area contributed by atoms with Crippen LogP contribution in [0.1, 0.15) is 44.0 Å². The average Bonchev–Trinajstić information content (AvgIpc) is 2.83. The van der Waals surface area contributed by atoms with Crippen molar-refractivity contribution >= 4 is 11.6 Å². The zero-order valence-corrected chi connectivity index (χ0v) is 18.4. The van der Waals surface area contributed by atoms with Crippen molar-refractivity contribution in [1.29, 1.82) is 0 Å². The quantitative estimate of drug-likeness (QED) is 0.561. The summed E-state index contributed by atoms with van der Waals surface area (Å²) in [5.74, 6) is 2.07. The predicted molar refractivity (Wildman–Crippen MR) is 123 cm³/mol. The van der Waals surface area contributed by atoms with Crippen LogP contribution in [0, 0.1) is 0 Å². The Morgan fingerprint density at radius 2 is 1.88 bits per heavy atom. The topological polar surface area (TPSA) is 80.2 Å². The number of ether oxygens (including phenoxy) is 1. The van der Waals surface area contributed by atoms with Gasteiger partial charge in [-0.3, -0.25) is 9.69 Å². The van der Waals surface area contributed by atoms with E-state index in [1.807, 2.05) is 48.8 Å². The van der Waals surface area contributed by atoms with Gasteiger partial charge in [-0.2, -0.15) is 0 Å². The van der Waals surface area contributed by atoms with Crippen molar-refractivity contribution in [3.05, 3.63) is 72.4 Å². The lowest BCUT2D eigenvalue weighted by Gasteiger charge is -2.34. The summed E-state index contributed by atoms with van der Waals surface area (Å²) in [7, 11) is 0. The van der Waals surface area contributed by atoms with Gasteiger partial charge in [0, 0.05) is 37.0 Å². The molecule has 0 bridgehead atoms. The molecule has 1 amide bonds. The number of rotatable bonds is 8. The van der Waals surface area contributed by atoms with Gasteiger partial charge in [0.1, 0.15) is 11.6 Å². The van der Waals surface area contributed by atoms with E-state index in [0.29, 0.717) is 18.1 Å². The third-order valence-electron chi connectivity index (χ3n) is 5.50. The van der Waals surface area contributed by atoms with Crippen molar-refractivity contribution in [3.8, 4) is 11.6 Å². The van der Waals surface area contributed by atoms with Crippen LogP contribution in [-0.2, 0) is 17.8 Å². The largest absolute Gasteiger partial charge is 0.439 e. The molecule has 0 spiro atoms. The van der Waals surface area contributed by atoms with E-state index < -0.39 is 0 Å². The fourth-order valence-corrected chi connectivity index (χ4v) is 3.88. The van der Waals surface area contributed by atoms with E-state index in [9.17, 15) is 4.79 Å². The Labute approximate surface area is 188 Å². The Balaban J connectivity index is 1.36. The molecule has 3 aromatic rings. The van der Waals surface area contributed by atoms with Gasteiger partial charge in [-0.05, 0) is 44.0 Å².